The third kappa shape index (κ3) is 3.56. The topological polar surface area (TPSA) is 41.5 Å². The van der Waals surface area contributed by atoms with Crippen LogP contribution in [0.25, 0.3) is 0 Å². The SMILES string of the molecule is CCOCCNCC1(CO)CCCC1. The fourth-order valence-corrected chi connectivity index (χ4v) is 2.16. The van der Waals surface area contributed by atoms with E-state index in [-0.39, 0.29) is 5.41 Å². The standard InChI is InChI=1S/C11H23NO2/c1-2-14-8-7-12-9-11(10-13)5-3-4-6-11/h12-13H,2-10H2,1H3. The summed E-state index contributed by atoms with van der Waals surface area (Å²) in [6.07, 6.45) is 4.89. The van der Waals surface area contributed by atoms with Gasteiger partial charge in [-0.1, -0.05) is 12.8 Å². The van der Waals surface area contributed by atoms with Crippen molar-refractivity contribution in [2.45, 2.75) is 32.6 Å². The first-order chi connectivity index (χ1) is 6.83. The molecule has 2 N–H and O–H groups in total. The summed E-state index contributed by atoms with van der Waals surface area (Å²) >= 11 is 0. The Morgan fingerprint density at radius 2 is 2.07 bits per heavy atom. The van der Waals surface area contributed by atoms with Crippen molar-refractivity contribution in [3.8, 4) is 0 Å². The van der Waals surface area contributed by atoms with Gasteiger partial charge in [0.2, 0.25) is 0 Å². The van der Waals surface area contributed by atoms with Crippen molar-refractivity contribution < 1.29 is 9.84 Å². The van der Waals surface area contributed by atoms with Crippen LogP contribution in [0.4, 0.5) is 0 Å². The lowest BCUT2D eigenvalue weighted by molar-refractivity contribution is 0.116. The first kappa shape index (κ1) is 12.0. The molecular weight excluding hydrogens is 178 g/mol. The van der Waals surface area contributed by atoms with E-state index in [9.17, 15) is 5.11 Å². The van der Waals surface area contributed by atoms with Gasteiger partial charge in [0.1, 0.15) is 0 Å². The molecule has 0 amide bonds. The summed E-state index contributed by atoms with van der Waals surface area (Å²) < 4.78 is 5.24. The highest BCUT2D eigenvalue weighted by Crippen LogP contribution is 2.36. The maximum Gasteiger partial charge on any atom is 0.0590 e. The molecule has 14 heavy (non-hydrogen) atoms. The molecule has 0 unspecified atom stereocenters. The van der Waals surface area contributed by atoms with Crippen molar-refractivity contribution in [3.63, 3.8) is 0 Å². The minimum atomic E-state index is 0.173. The molecule has 1 aliphatic rings. The second-order valence-electron chi connectivity index (χ2n) is 4.24. The van der Waals surface area contributed by atoms with E-state index in [2.05, 4.69) is 5.32 Å². The van der Waals surface area contributed by atoms with Crippen molar-refractivity contribution in [1.82, 2.24) is 5.32 Å². The van der Waals surface area contributed by atoms with Crippen LogP contribution in [0.5, 0.6) is 0 Å². The summed E-state index contributed by atoms with van der Waals surface area (Å²) in [7, 11) is 0. The van der Waals surface area contributed by atoms with Crippen molar-refractivity contribution in [3.05, 3.63) is 0 Å². The molecular formula is C11H23NO2. The second kappa shape index (κ2) is 6.38. The molecule has 0 aromatic carbocycles. The second-order valence-corrected chi connectivity index (χ2v) is 4.24. The Kier molecular flexibility index (Phi) is 5.45. The van der Waals surface area contributed by atoms with Crippen molar-refractivity contribution in [2.24, 2.45) is 5.41 Å². The molecule has 0 atom stereocenters. The molecule has 3 nitrogen and oxygen atoms in total. The Morgan fingerprint density at radius 1 is 1.36 bits per heavy atom. The lowest BCUT2D eigenvalue weighted by Gasteiger charge is -2.26. The molecule has 1 aliphatic carbocycles. The zero-order valence-corrected chi connectivity index (χ0v) is 9.22. The normalized spacial score (nSPS) is 20.1. The third-order valence-electron chi connectivity index (χ3n) is 3.13. The molecule has 0 aliphatic heterocycles. The minimum Gasteiger partial charge on any atom is -0.396 e. The molecule has 1 saturated carbocycles. The number of hydrogen-bond donors (Lipinski definition) is 2. The van der Waals surface area contributed by atoms with Crippen LogP contribution in [-0.4, -0.2) is 38.0 Å². The first-order valence-electron chi connectivity index (χ1n) is 5.72. The monoisotopic (exact) mass is 201 g/mol. The summed E-state index contributed by atoms with van der Waals surface area (Å²) in [5.41, 5.74) is 0.173. The van der Waals surface area contributed by atoms with E-state index in [1.807, 2.05) is 6.92 Å². The van der Waals surface area contributed by atoms with Gasteiger partial charge in [-0.15, -0.1) is 0 Å². The highest BCUT2D eigenvalue weighted by Gasteiger charge is 2.32. The predicted molar refractivity (Wildman–Crippen MR) is 57.3 cm³/mol. The number of rotatable bonds is 7. The van der Waals surface area contributed by atoms with E-state index in [1.54, 1.807) is 0 Å². The molecule has 0 heterocycles. The zero-order valence-electron chi connectivity index (χ0n) is 9.22. The molecule has 0 spiro atoms. The van der Waals surface area contributed by atoms with Gasteiger partial charge in [-0.2, -0.15) is 0 Å². The van der Waals surface area contributed by atoms with Crippen LogP contribution in [0.2, 0.25) is 0 Å². The van der Waals surface area contributed by atoms with E-state index in [0.717, 1.165) is 26.3 Å². The highest BCUT2D eigenvalue weighted by atomic mass is 16.5. The Bertz CT molecular complexity index is 144. The van der Waals surface area contributed by atoms with Gasteiger partial charge in [0, 0.05) is 31.7 Å². The molecule has 0 aromatic rings. The molecule has 0 saturated heterocycles. The summed E-state index contributed by atoms with van der Waals surface area (Å²) in [6.45, 7) is 5.73. The number of aliphatic hydroxyl groups is 1. The average Bonchev–Trinajstić information content (AvgIpc) is 2.67. The molecule has 84 valence electrons. The summed E-state index contributed by atoms with van der Waals surface area (Å²) in [6, 6.07) is 0. The van der Waals surface area contributed by atoms with Gasteiger partial charge in [-0.3, -0.25) is 0 Å². The van der Waals surface area contributed by atoms with Gasteiger partial charge in [0.15, 0.2) is 0 Å². The summed E-state index contributed by atoms with van der Waals surface area (Å²) in [5.74, 6) is 0. The largest absolute Gasteiger partial charge is 0.396 e. The van der Waals surface area contributed by atoms with Gasteiger partial charge in [0.25, 0.3) is 0 Å². The van der Waals surface area contributed by atoms with Gasteiger partial charge in [-0.05, 0) is 19.8 Å². The number of hydrogen-bond acceptors (Lipinski definition) is 3. The Balaban J connectivity index is 2.08. The Morgan fingerprint density at radius 3 is 2.64 bits per heavy atom. The van der Waals surface area contributed by atoms with E-state index in [1.165, 1.54) is 25.7 Å². The van der Waals surface area contributed by atoms with Crippen LogP contribution < -0.4 is 5.32 Å². The van der Waals surface area contributed by atoms with E-state index < -0.39 is 0 Å². The minimum absolute atomic E-state index is 0.173. The Hall–Kier alpha value is -0.120. The van der Waals surface area contributed by atoms with Crippen LogP contribution in [0, 0.1) is 5.41 Å². The highest BCUT2D eigenvalue weighted by molar-refractivity contribution is 4.85. The first-order valence-corrected chi connectivity index (χ1v) is 5.72. The molecule has 0 radical (unpaired) electrons. The summed E-state index contributed by atoms with van der Waals surface area (Å²) in [5, 5.41) is 12.7. The van der Waals surface area contributed by atoms with E-state index >= 15 is 0 Å². The van der Waals surface area contributed by atoms with Crippen LogP contribution >= 0.6 is 0 Å². The molecule has 1 rings (SSSR count). The van der Waals surface area contributed by atoms with Crippen LogP contribution in [-0.2, 0) is 4.74 Å². The van der Waals surface area contributed by atoms with Gasteiger partial charge >= 0.3 is 0 Å². The fraction of sp³-hybridized carbons (Fsp3) is 1.00. The van der Waals surface area contributed by atoms with Crippen LogP contribution in [0.3, 0.4) is 0 Å². The third-order valence-corrected chi connectivity index (χ3v) is 3.13. The molecule has 1 fully saturated rings. The summed E-state index contributed by atoms with van der Waals surface area (Å²) in [4.78, 5) is 0. The Labute approximate surface area is 86.8 Å². The van der Waals surface area contributed by atoms with Crippen molar-refractivity contribution in [1.29, 1.82) is 0 Å². The number of nitrogens with one attached hydrogen (secondary N) is 1. The van der Waals surface area contributed by atoms with Crippen molar-refractivity contribution in [2.75, 3.05) is 32.9 Å². The predicted octanol–water partition coefficient (Wildman–Crippen LogP) is 1.17. The molecule has 0 bridgehead atoms. The smallest absolute Gasteiger partial charge is 0.0590 e. The van der Waals surface area contributed by atoms with Crippen molar-refractivity contribution >= 4 is 0 Å². The lowest BCUT2D eigenvalue weighted by atomic mass is 9.87. The number of ether oxygens (including phenoxy) is 1. The van der Waals surface area contributed by atoms with Crippen LogP contribution in [0.15, 0.2) is 0 Å². The van der Waals surface area contributed by atoms with Gasteiger partial charge in [-0.25, -0.2) is 0 Å². The lowest BCUT2D eigenvalue weighted by Crippen LogP contribution is -2.36. The molecule has 3 heteroatoms. The maximum absolute atomic E-state index is 9.35. The zero-order chi connectivity index (χ0) is 10.3. The fourth-order valence-electron chi connectivity index (χ4n) is 2.16. The average molecular weight is 201 g/mol. The van der Waals surface area contributed by atoms with Gasteiger partial charge in [0.05, 0.1) is 6.61 Å². The van der Waals surface area contributed by atoms with Gasteiger partial charge < -0.3 is 15.2 Å². The molecule has 0 aromatic heterocycles. The maximum atomic E-state index is 9.35. The van der Waals surface area contributed by atoms with E-state index in [4.69, 9.17) is 4.74 Å². The van der Waals surface area contributed by atoms with E-state index in [0.29, 0.717) is 6.61 Å². The number of aliphatic hydroxyl groups excluding tert-OH is 1. The quantitative estimate of drug-likeness (QED) is 0.607. The van der Waals surface area contributed by atoms with Crippen LogP contribution in [0.1, 0.15) is 32.6 Å².